The Kier molecular flexibility index (Phi) is 5.13. The van der Waals surface area contributed by atoms with Crippen LogP contribution >= 0.6 is 0 Å². The van der Waals surface area contributed by atoms with Gasteiger partial charge in [-0.3, -0.25) is 4.79 Å². The van der Waals surface area contributed by atoms with E-state index in [0.29, 0.717) is 0 Å². The molecule has 0 N–H and O–H groups in total. The van der Waals surface area contributed by atoms with Crippen LogP contribution in [0.5, 0.6) is 0 Å². The predicted molar refractivity (Wildman–Crippen MR) is 87.7 cm³/mol. The summed E-state index contributed by atoms with van der Waals surface area (Å²) in [5.41, 5.74) is 0. The van der Waals surface area contributed by atoms with Crippen LogP contribution in [0.3, 0.4) is 0 Å². The quantitative estimate of drug-likeness (QED) is 0.713. The van der Waals surface area contributed by atoms with Crippen molar-refractivity contribution < 1.29 is 28.2 Å². The molecule has 2 aliphatic heterocycles. The monoisotopic (exact) mass is 346 g/mol. The Hall–Kier alpha value is -0.313. The van der Waals surface area contributed by atoms with Crippen LogP contribution in [0.15, 0.2) is 0 Å². The van der Waals surface area contributed by atoms with Gasteiger partial charge in [-0.2, -0.15) is 0 Å². The first-order valence-corrected chi connectivity index (χ1v) is 11.0. The normalized spacial score (nSPS) is 33.7. The summed E-state index contributed by atoms with van der Waals surface area (Å²) in [4.78, 5) is 12.6. The summed E-state index contributed by atoms with van der Waals surface area (Å²) < 4.78 is 28.7. The van der Waals surface area contributed by atoms with Crippen molar-refractivity contribution in [1.82, 2.24) is 0 Å². The maximum Gasteiger partial charge on any atom is 0.192 e. The third-order valence-electron chi connectivity index (χ3n) is 4.96. The molecule has 0 aromatic rings. The summed E-state index contributed by atoms with van der Waals surface area (Å²) in [6, 6.07) is 0. The summed E-state index contributed by atoms with van der Waals surface area (Å²) in [5.74, 6) is -0.848. The van der Waals surface area contributed by atoms with Crippen LogP contribution in [0.25, 0.3) is 0 Å². The van der Waals surface area contributed by atoms with Gasteiger partial charge in [0.05, 0.1) is 6.61 Å². The number of methoxy groups -OCH3 is 1. The first-order chi connectivity index (χ1) is 10.4. The number of Topliss-reactive ketones (excluding diaryl/α,β-unsaturated/α-hetero) is 1. The van der Waals surface area contributed by atoms with Crippen molar-refractivity contribution in [3.8, 4) is 0 Å². The topological polar surface area (TPSA) is 63.2 Å². The highest BCUT2D eigenvalue weighted by Crippen LogP contribution is 2.39. The van der Waals surface area contributed by atoms with Gasteiger partial charge in [0.2, 0.25) is 0 Å². The molecule has 2 saturated heterocycles. The number of hydrogen-bond acceptors (Lipinski definition) is 6. The van der Waals surface area contributed by atoms with Gasteiger partial charge >= 0.3 is 0 Å². The minimum atomic E-state index is -1.98. The molecular weight excluding hydrogens is 316 g/mol. The molecule has 2 heterocycles. The van der Waals surface area contributed by atoms with Gasteiger partial charge in [-0.1, -0.05) is 20.8 Å². The van der Waals surface area contributed by atoms with E-state index in [1.807, 2.05) is 13.8 Å². The number of rotatable bonds is 5. The number of ketones is 1. The Morgan fingerprint density at radius 1 is 1.22 bits per heavy atom. The minimum Gasteiger partial charge on any atom is -0.409 e. The van der Waals surface area contributed by atoms with Gasteiger partial charge in [0.25, 0.3) is 0 Å². The summed E-state index contributed by atoms with van der Waals surface area (Å²) in [6.07, 6.45) is -2.15. The molecule has 2 aliphatic rings. The molecule has 2 rings (SSSR count). The van der Waals surface area contributed by atoms with E-state index >= 15 is 0 Å². The molecule has 0 aromatic heterocycles. The third-order valence-corrected chi connectivity index (χ3v) is 9.44. The van der Waals surface area contributed by atoms with Crippen molar-refractivity contribution in [1.29, 1.82) is 0 Å². The van der Waals surface area contributed by atoms with E-state index in [1.54, 1.807) is 7.11 Å². The number of carbonyl (C=O) groups excluding carboxylic acids is 1. The molecule has 23 heavy (non-hydrogen) atoms. The van der Waals surface area contributed by atoms with Crippen LogP contribution in [0.2, 0.25) is 18.1 Å². The van der Waals surface area contributed by atoms with Gasteiger partial charge in [-0.15, -0.1) is 0 Å². The largest absolute Gasteiger partial charge is 0.409 e. The Morgan fingerprint density at radius 3 is 2.35 bits per heavy atom. The summed E-state index contributed by atoms with van der Waals surface area (Å²) >= 11 is 0. The van der Waals surface area contributed by atoms with E-state index in [4.69, 9.17) is 23.4 Å². The predicted octanol–water partition coefficient (Wildman–Crippen LogP) is 2.47. The van der Waals surface area contributed by atoms with E-state index in [0.717, 1.165) is 0 Å². The van der Waals surface area contributed by atoms with Crippen LogP contribution in [-0.2, 0) is 28.2 Å². The zero-order valence-corrected chi connectivity index (χ0v) is 16.5. The van der Waals surface area contributed by atoms with Gasteiger partial charge < -0.3 is 23.4 Å². The minimum absolute atomic E-state index is 0.0316. The fourth-order valence-corrected chi connectivity index (χ4v) is 3.48. The van der Waals surface area contributed by atoms with Crippen LogP contribution in [0.4, 0.5) is 0 Å². The standard InChI is InChI=1S/C16H30O6Si/c1-15(2,3)23(7,8)19-9-10(17)11-12(18-6)13-14(20-11)22-16(4,5)21-13/h11-14H,9H2,1-8H3/t11-,12?,13?,14-/m1/s1. The second-order valence-corrected chi connectivity index (χ2v) is 13.1. The molecule has 0 bridgehead atoms. The SMILES string of the molecule is COC1C2OC(C)(C)O[C@H]2O[C@@H]1C(=O)CO[Si](C)(C)C(C)(C)C. The number of fused-ring (bicyclic) bond motifs is 1. The molecule has 2 fully saturated rings. The Bertz CT molecular complexity index is 456. The number of carbonyl (C=O) groups is 1. The van der Waals surface area contributed by atoms with E-state index in [9.17, 15) is 4.79 Å². The average Bonchev–Trinajstić information content (AvgIpc) is 2.85. The second-order valence-electron chi connectivity index (χ2n) is 8.24. The lowest BCUT2D eigenvalue weighted by atomic mass is 10.1. The zero-order valence-electron chi connectivity index (χ0n) is 15.5. The highest BCUT2D eigenvalue weighted by Gasteiger charge is 2.57. The number of ether oxygens (including phenoxy) is 4. The van der Waals surface area contributed by atoms with Crippen LogP contribution < -0.4 is 0 Å². The molecular formula is C16H30O6Si. The molecule has 0 amide bonds. The van der Waals surface area contributed by atoms with Gasteiger partial charge in [0, 0.05) is 7.11 Å². The van der Waals surface area contributed by atoms with Gasteiger partial charge in [0.1, 0.15) is 12.2 Å². The molecule has 2 unspecified atom stereocenters. The third kappa shape index (κ3) is 3.86. The van der Waals surface area contributed by atoms with Crippen molar-refractivity contribution in [2.45, 2.75) is 83.1 Å². The van der Waals surface area contributed by atoms with Crippen molar-refractivity contribution in [2.75, 3.05) is 13.7 Å². The molecule has 0 saturated carbocycles. The molecule has 4 atom stereocenters. The highest BCUT2D eigenvalue weighted by molar-refractivity contribution is 6.74. The van der Waals surface area contributed by atoms with Crippen LogP contribution in [0.1, 0.15) is 34.6 Å². The van der Waals surface area contributed by atoms with Crippen molar-refractivity contribution >= 4 is 14.1 Å². The molecule has 0 aromatic carbocycles. The molecule has 0 radical (unpaired) electrons. The summed E-state index contributed by atoms with van der Waals surface area (Å²) in [6.45, 7) is 14.3. The zero-order chi connectivity index (χ0) is 17.6. The highest BCUT2D eigenvalue weighted by atomic mass is 28.4. The first kappa shape index (κ1) is 19.0. The first-order valence-electron chi connectivity index (χ1n) is 8.08. The van der Waals surface area contributed by atoms with Crippen molar-refractivity contribution in [3.63, 3.8) is 0 Å². The lowest BCUT2D eigenvalue weighted by Crippen LogP contribution is -2.46. The van der Waals surface area contributed by atoms with Crippen LogP contribution in [0, 0.1) is 0 Å². The molecule has 6 nitrogen and oxygen atoms in total. The molecule has 0 aliphatic carbocycles. The maximum atomic E-state index is 12.6. The lowest BCUT2D eigenvalue weighted by Gasteiger charge is -2.36. The van der Waals surface area contributed by atoms with Crippen molar-refractivity contribution in [3.05, 3.63) is 0 Å². The van der Waals surface area contributed by atoms with E-state index in [-0.39, 0.29) is 17.4 Å². The molecule has 7 heteroatoms. The Morgan fingerprint density at radius 2 is 1.83 bits per heavy atom. The second kappa shape index (κ2) is 6.20. The van der Waals surface area contributed by atoms with Gasteiger partial charge in [-0.25, -0.2) is 0 Å². The average molecular weight is 346 g/mol. The van der Waals surface area contributed by atoms with E-state index < -0.39 is 38.7 Å². The lowest BCUT2D eigenvalue weighted by molar-refractivity contribution is -0.216. The van der Waals surface area contributed by atoms with Crippen molar-refractivity contribution in [2.24, 2.45) is 0 Å². The smallest absolute Gasteiger partial charge is 0.192 e. The Balaban J connectivity index is 1.99. The molecule has 134 valence electrons. The molecule has 0 spiro atoms. The summed E-state index contributed by atoms with van der Waals surface area (Å²) in [7, 11) is -0.426. The van der Waals surface area contributed by atoms with Gasteiger partial charge in [0.15, 0.2) is 32.3 Å². The van der Waals surface area contributed by atoms with Gasteiger partial charge in [-0.05, 0) is 32.0 Å². The number of hydrogen-bond donors (Lipinski definition) is 0. The fourth-order valence-electron chi connectivity index (χ4n) is 2.55. The maximum absolute atomic E-state index is 12.6. The van der Waals surface area contributed by atoms with E-state index in [2.05, 4.69) is 33.9 Å². The summed E-state index contributed by atoms with van der Waals surface area (Å²) in [5, 5.41) is 0.0528. The fraction of sp³-hybridized carbons (Fsp3) is 0.938. The Labute approximate surface area is 139 Å². The van der Waals surface area contributed by atoms with Crippen LogP contribution in [-0.4, -0.2) is 58.2 Å². The van der Waals surface area contributed by atoms with E-state index in [1.165, 1.54) is 0 Å².